The van der Waals surface area contributed by atoms with Crippen LogP contribution in [-0.4, -0.2) is 32.8 Å². The highest BCUT2D eigenvalue weighted by Gasteiger charge is 2.23. The van der Waals surface area contributed by atoms with Crippen LogP contribution in [0.1, 0.15) is 30.1 Å². The van der Waals surface area contributed by atoms with Crippen LogP contribution in [0.2, 0.25) is 5.02 Å². The van der Waals surface area contributed by atoms with Gasteiger partial charge < -0.3 is 9.88 Å². The summed E-state index contributed by atoms with van der Waals surface area (Å²) in [5.41, 5.74) is 1.20. The Hall–Kier alpha value is -2.14. The molecule has 132 valence electrons. The first-order valence-electron chi connectivity index (χ1n) is 8.44. The lowest BCUT2D eigenvalue weighted by molar-refractivity contribution is 0.434. The van der Waals surface area contributed by atoms with Gasteiger partial charge in [-0.25, -0.2) is 0 Å². The summed E-state index contributed by atoms with van der Waals surface area (Å²) in [7, 11) is 1.99. The van der Waals surface area contributed by atoms with Crippen molar-refractivity contribution in [3.8, 4) is 6.07 Å². The van der Waals surface area contributed by atoms with Gasteiger partial charge in [0.15, 0.2) is 5.16 Å². The summed E-state index contributed by atoms with van der Waals surface area (Å²) in [6.45, 7) is 2.01. The van der Waals surface area contributed by atoms with Gasteiger partial charge in [0, 0.05) is 29.4 Å². The second-order valence-electron chi connectivity index (χ2n) is 6.27. The van der Waals surface area contributed by atoms with E-state index in [0.29, 0.717) is 22.0 Å². The number of hydrogen-bond acceptors (Lipinski definition) is 6. The molecule has 1 saturated heterocycles. The first-order chi connectivity index (χ1) is 12.7. The molecule has 3 aromatic rings. The van der Waals surface area contributed by atoms with Crippen LogP contribution in [0, 0.1) is 11.3 Å². The number of piperidine rings is 1. The Bertz CT molecular complexity index is 1000. The molecule has 0 spiro atoms. The summed E-state index contributed by atoms with van der Waals surface area (Å²) in [6.07, 6.45) is 3.70. The summed E-state index contributed by atoms with van der Waals surface area (Å²) < 4.78 is 2.04. The van der Waals surface area contributed by atoms with Crippen LogP contribution in [0.5, 0.6) is 0 Å². The minimum atomic E-state index is 0.419. The summed E-state index contributed by atoms with van der Waals surface area (Å²) in [5.74, 6) is 1.42. The van der Waals surface area contributed by atoms with E-state index in [4.69, 9.17) is 11.6 Å². The quantitative estimate of drug-likeness (QED) is 0.744. The standard InChI is InChI=1S/C18H17ClN6S/c1-25-17(11-5-7-21-8-6-11)23-24-18(25)26-16-12(9-20)10-22-15-13(16)3-2-4-14(15)19/h2-4,10-11,21H,5-8H2,1H3. The van der Waals surface area contributed by atoms with Crippen LogP contribution in [0.4, 0.5) is 0 Å². The molecule has 1 aromatic carbocycles. The third-order valence-corrected chi connectivity index (χ3v) is 6.17. The number of aromatic nitrogens is 4. The SMILES string of the molecule is Cn1c(Sc2c(C#N)cnc3c(Cl)cccc23)nnc1C1CCNCC1. The summed E-state index contributed by atoms with van der Waals surface area (Å²) in [4.78, 5) is 5.15. The number of benzene rings is 1. The molecule has 1 aliphatic rings. The number of nitrogens with one attached hydrogen (secondary N) is 1. The number of fused-ring (bicyclic) bond motifs is 1. The maximum atomic E-state index is 9.52. The van der Waals surface area contributed by atoms with E-state index in [1.54, 1.807) is 12.3 Å². The van der Waals surface area contributed by atoms with Crippen molar-refractivity contribution in [2.24, 2.45) is 7.05 Å². The fourth-order valence-corrected chi connectivity index (χ4v) is 4.50. The van der Waals surface area contributed by atoms with Gasteiger partial charge in [-0.2, -0.15) is 5.26 Å². The lowest BCUT2D eigenvalue weighted by Crippen LogP contribution is -2.27. The van der Waals surface area contributed by atoms with Crippen LogP contribution >= 0.6 is 23.4 Å². The Balaban J connectivity index is 1.75. The first-order valence-corrected chi connectivity index (χ1v) is 9.63. The van der Waals surface area contributed by atoms with Gasteiger partial charge in [-0.1, -0.05) is 23.7 Å². The zero-order valence-electron chi connectivity index (χ0n) is 14.2. The van der Waals surface area contributed by atoms with Crippen molar-refractivity contribution in [1.29, 1.82) is 5.26 Å². The Morgan fingerprint density at radius 1 is 1.31 bits per heavy atom. The van der Waals surface area contributed by atoms with Crippen molar-refractivity contribution in [3.05, 3.63) is 40.8 Å². The van der Waals surface area contributed by atoms with Crippen LogP contribution in [-0.2, 0) is 7.05 Å². The van der Waals surface area contributed by atoms with Crippen molar-refractivity contribution < 1.29 is 0 Å². The normalized spacial score (nSPS) is 15.3. The van der Waals surface area contributed by atoms with Gasteiger partial charge in [0.2, 0.25) is 0 Å². The van der Waals surface area contributed by atoms with Gasteiger partial charge in [-0.3, -0.25) is 4.98 Å². The van der Waals surface area contributed by atoms with Gasteiger partial charge in [-0.05, 0) is 43.8 Å². The number of halogens is 1. The monoisotopic (exact) mass is 384 g/mol. The number of hydrogen-bond donors (Lipinski definition) is 1. The minimum Gasteiger partial charge on any atom is -0.317 e. The highest BCUT2D eigenvalue weighted by molar-refractivity contribution is 7.99. The maximum Gasteiger partial charge on any atom is 0.195 e. The molecular formula is C18H17ClN6S. The molecule has 0 saturated carbocycles. The van der Waals surface area contributed by atoms with Gasteiger partial charge in [0.25, 0.3) is 0 Å². The van der Waals surface area contributed by atoms with Gasteiger partial charge in [0.05, 0.1) is 16.1 Å². The molecule has 8 heteroatoms. The molecule has 0 radical (unpaired) electrons. The molecule has 0 amide bonds. The summed E-state index contributed by atoms with van der Waals surface area (Å²) in [6, 6.07) is 7.83. The third-order valence-electron chi connectivity index (χ3n) is 4.69. The summed E-state index contributed by atoms with van der Waals surface area (Å²) >= 11 is 7.71. The zero-order chi connectivity index (χ0) is 18.1. The molecule has 0 aliphatic carbocycles. The Morgan fingerprint density at radius 3 is 2.88 bits per heavy atom. The molecule has 0 unspecified atom stereocenters. The van der Waals surface area contributed by atoms with Crippen molar-refractivity contribution in [2.75, 3.05) is 13.1 Å². The smallest absolute Gasteiger partial charge is 0.195 e. The van der Waals surface area contributed by atoms with Crippen LogP contribution in [0.3, 0.4) is 0 Å². The van der Waals surface area contributed by atoms with Gasteiger partial charge in [0.1, 0.15) is 11.9 Å². The third kappa shape index (κ3) is 3.05. The minimum absolute atomic E-state index is 0.419. The molecule has 2 aromatic heterocycles. The van der Waals surface area contributed by atoms with Crippen molar-refractivity contribution in [1.82, 2.24) is 25.1 Å². The van der Waals surface area contributed by atoms with Gasteiger partial charge >= 0.3 is 0 Å². The van der Waals surface area contributed by atoms with Crippen LogP contribution in [0.15, 0.2) is 34.4 Å². The average Bonchev–Trinajstić information content (AvgIpc) is 3.03. The van der Waals surface area contributed by atoms with E-state index in [1.165, 1.54) is 11.8 Å². The molecule has 1 fully saturated rings. The highest BCUT2D eigenvalue weighted by atomic mass is 35.5. The van der Waals surface area contributed by atoms with Crippen LogP contribution < -0.4 is 5.32 Å². The topological polar surface area (TPSA) is 79.4 Å². The molecule has 1 aliphatic heterocycles. The number of rotatable bonds is 3. The molecule has 26 heavy (non-hydrogen) atoms. The van der Waals surface area contributed by atoms with E-state index >= 15 is 0 Å². The van der Waals surface area contributed by atoms with Crippen molar-refractivity contribution in [3.63, 3.8) is 0 Å². The molecule has 1 N–H and O–H groups in total. The number of pyridine rings is 1. The lowest BCUT2D eigenvalue weighted by Gasteiger charge is -2.21. The molecule has 4 rings (SSSR count). The fourth-order valence-electron chi connectivity index (χ4n) is 3.29. The van der Waals surface area contributed by atoms with Gasteiger partial charge in [-0.15, -0.1) is 10.2 Å². The predicted octanol–water partition coefficient (Wildman–Crippen LogP) is 3.51. The van der Waals surface area contributed by atoms with E-state index in [9.17, 15) is 5.26 Å². The molecular weight excluding hydrogens is 368 g/mol. The second kappa shape index (κ2) is 7.23. The largest absolute Gasteiger partial charge is 0.317 e. The first kappa shape index (κ1) is 17.3. The number of para-hydroxylation sites is 1. The lowest BCUT2D eigenvalue weighted by atomic mass is 9.97. The Morgan fingerprint density at radius 2 is 2.12 bits per heavy atom. The molecule has 3 heterocycles. The van der Waals surface area contributed by atoms with E-state index < -0.39 is 0 Å². The number of nitrogens with zero attached hydrogens (tertiary/aromatic N) is 5. The molecule has 6 nitrogen and oxygen atoms in total. The maximum absolute atomic E-state index is 9.52. The zero-order valence-corrected chi connectivity index (χ0v) is 15.8. The van der Waals surface area contributed by atoms with E-state index in [1.807, 2.05) is 23.7 Å². The van der Waals surface area contributed by atoms with E-state index in [0.717, 1.165) is 47.2 Å². The van der Waals surface area contributed by atoms with Crippen LogP contribution in [0.25, 0.3) is 10.9 Å². The molecule has 0 bridgehead atoms. The highest BCUT2D eigenvalue weighted by Crippen LogP contribution is 2.37. The average molecular weight is 385 g/mol. The number of nitriles is 1. The van der Waals surface area contributed by atoms with E-state index in [2.05, 4.69) is 26.6 Å². The summed E-state index contributed by atoms with van der Waals surface area (Å²) in [5, 5.41) is 23.9. The van der Waals surface area contributed by atoms with Crippen molar-refractivity contribution in [2.45, 2.75) is 28.8 Å². The van der Waals surface area contributed by atoms with E-state index in [-0.39, 0.29) is 0 Å². The van der Waals surface area contributed by atoms with Crippen molar-refractivity contribution >= 4 is 34.3 Å². The second-order valence-corrected chi connectivity index (χ2v) is 7.66. The predicted molar refractivity (Wildman–Crippen MR) is 101 cm³/mol. The Kier molecular flexibility index (Phi) is 4.81. The molecule has 0 atom stereocenters. The fraction of sp³-hybridized carbons (Fsp3) is 0.333. The Labute approximate surface area is 160 Å².